The van der Waals surface area contributed by atoms with E-state index in [1.165, 1.54) is 17.3 Å². The van der Waals surface area contributed by atoms with Gasteiger partial charge in [0, 0.05) is 0 Å². The summed E-state index contributed by atoms with van der Waals surface area (Å²) in [5.74, 6) is -0.152. The number of para-hydroxylation sites is 1. The first-order valence-corrected chi connectivity index (χ1v) is 5.68. The van der Waals surface area contributed by atoms with Crippen LogP contribution in [0, 0.1) is 0 Å². The molecule has 0 fully saturated rings. The number of benzene rings is 1. The van der Waals surface area contributed by atoms with Crippen LogP contribution < -0.4 is 10.6 Å². The Morgan fingerprint density at radius 3 is 3.00 bits per heavy atom. The normalized spacial score (nSPS) is 10.3. The zero-order valence-corrected chi connectivity index (χ0v) is 10.5. The molecule has 0 spiro atoms. The minimum Gasteiger partial charge on any atom is -0.323 e. The van der Waals surface area contributed by atoms with E-state index in [0.717, 1.165) is 0 Å². The Bertz CT molecular complexity index is 540. The van der Waals surface area contributed by atoms with Crippen molar-refractivity contribution < 1.29 is 4.79 Å². The van der Waals surface area contributed by atoms with E-state index in [-0.39, 0.29) is 12.5 Å². The van der Waals surface area contributed by atoms with Gasteiger partial charge in [0.05, 0.1) is 17.3 Å². The van der Waals surface area contributed by atoms with Gasteiger partial charge in [-0.3, -0.25) is 4.79 Å². The van der Waals surface area contributed by atoms with Crippen LogP contribution in [-0.2, 0) is 4.79 Å². The second-order valence-corrected chi connectivity index (χ2v) is 3.96. The van der Waals surface area contributed by atoms with Crippen LogP contribution in [-0.4, -0.2) is 34.3 Å². The van der Waals surface area contributed by atoms with Crippen molar-refractivity contribution in [1.29, 1.82) is 0 Å². The zero-order valence-electron chi connectivity index (χ0n) is 9.72. The molecule has 0 bridgehead atoms. The van der Waals surface area contributed by atoms with E-state index >= 15 is 0 Å². The first-order chi connectivity index (χ1) is 8.72. The van der Waals surface area contributed by atoms with E-state index in [4.69, 9.17) is 11.6 Å². The van der Waals surface area contributed by atoms with Gasteiger partial charge < -0.3 is 10.6 Å². The Hall–Kier alpha value is -1.92. The maximum Gasteiger partial charge on any atom is 0.238 e. The smallest absolute Gasteiger partial charge is 0.238 e. The highest BCUT2D eigenvalue weighted by atomic mass is 35.5. The average Bonchev–Trinajstić information content (AvgIpc) is 2.82. The number of amides is 1. The van der Waals surface area contributed by atoms with Crippen molar-refractivity contribution in [3.8, 4) is 5.69 Å². The Kier molecular flexibility index (Phi) is 3.91. The van der Waals surface area contributed by atoms with Crippen molar-refractivity contribution in [3.63, 3.8) is 0 Å². The number of rotatable bonds is 4. The summed E-state index contributed by atoms with van der Waals surface area (Å²) >= 11 is 6.13. The summed E-state index contributed by atoms with van der Waals surface area (Å²) in [5.41, 5.74) is 1.19. The third-order valence-electron chi connectivity index (χ3n) is 2.25. The van der Waals surface area contributed by atoms with Crippen LogP contribution in [0.2, 0.25) is 5.02 Å². The average molecular weight is 266 g/mol. The molecule has 94 valence electrons. The molecule has 0 unspecified atom stereocenters. The SMILES string of the molecule is CNCC(=O)Nc1cccc(Cl)c1-n1cncn1. The lowest BCUT2D eigenvalue weighted by atomic mass is 10.2. The molecule has 0 radical (unpaired) electrons. The number of nitrogens with one attached hydrogen (secondary N) is 2. The Morgan fingerprint density at radius 1 is 1.50 bits per heavy atom. The van der Waals surface area contributed by atoms with Gasteiger partial charge in [0.1, 0.15) is 18.3 Å². The summed E-state index contributed by atoms with van der Waals surface area (Å²) in [7, 11) is 1.70. The minimum atomic E-state index is -0.152. The zero-order chi connectivity index (χ0) is 13.0. The number of nitrogens with zero attached hydrogens (tertiary/aromatic N) is 3. The summed E-state index contributed by atoms with van der Waals surface area (Å²) < 4.78 is 1.51. The lowest BCUT2D eigenvalue weighted by molar-refractivity contribution is -0.115. The Labute approximate surface area is 109 Å². The fourth-order valence-corrected chi connectivity index (χ4v) is 1.79. The van der Waals surface area contributed by atoms with Gasteiger partial charge in [-0.05, 0) is 19.2 Å². The van der Waals surface area contributed by atoms with E-state index in [0.29, 0.717) is 16.4 Å². The second kappa shape index (κ2) is 5.61. The highest BCUT2D eigenvalue weighted by Crippen LogP contribution is 2.27. The first kappa shape index (κ1) is 12.5. The molecule has 0 aliphatic rings. The molecule has 18 heavy (non-hydrogen) atoms. The van der Waals surface area contributed by atoms with Gasteiger partial charge in [-0.25, -0.2) is 9.67 Å². The molecule has 0 aliphatic carbocycles. The van der Waals surface area contributed by atoms with Crippen LogP contribution in [0.4, 0.5) is 5.69 Å². The molecule has 7 heteroatoms. The summed E-state index contributed by atoms with van der Waals surface area (Å²) in [6.45, 7) is 0.226. The minimum absolute atomic E-state index is 0.152. The van der Waals surface area contributed by atoms with Crippen LogP contribution in [0.5, 0.6) is 0 Å². The van der Waals surface area contributed by atoms with Crippen LogP contribution in [0.15, 0.2) is 30.9 Å². The fraction of sp³-hybridized carbons (Fsp3) is 0.182. The number of hydrogen-bond donors (Lipinski definition) is 2. The van der Waals surface area contributed by atoms with Crippen molar-refractivity contribution in [3.05, 3.63) is 35.9 Å². The number of aromatic nitrogens is 3. The number of hydrogen-bond acceptors (Lipinski definition) is 4. The molecule has 2 rings (SSSR count). The van der Waals surface area contributed by atoms with Crippen molar-refractivity contribution >= 4 is 23.2 Å². The van der Waals surface area contributed by atoms with Gasteiger partial charge in [-0.15, -0.1) is 0 Å². The number of carbonyl (C=O) groups is 1. The van der Waals surface area contributed by atoms with Gasteiger partial charge in [0.15, 0.2) is 0 Å². The summed E-state index contributed by atoms with van der Waals surface area (Å²) in [4.78, 5) is 15.4. The molecule has 1 amide bonds. The summed E-state index contributed by atoms with van der Waals surface area (Å²) in [6.07, 6.45) is 2.93. The van der Waals surface area contributed by atoms with Gasteiger partial charge >= 0.3 is 0 Å². The molecule has 1 aromatic carbocycles. The molecule has 6 nitrogen and oxygen atoms in total. The van der Waals surface area contributed by atoms with Gasteiger partial charge in [-0.1, -0.05) is 17.7 Å². The van der Waals surface area contributed by atoms with Crippen molar-refractivity contribution in [1.82, 2.24) is 20.1 Å². The monoisotopic (exact) mass is 265 g/mol. The fourth-order valence-electron chi connectivity index (χ4n) is 1.53. The maximum atomic E-state index is 11.6. The Morgan fingerprint density at radius 2 is 2.33 bits per heavy atom. The lowest BCUT2D eigenvalue weighted by Gasteiger charge is -2.12. The van der Waals surface area contributed by atoms with Crippen molar-refractivity contribution in [2.45, 2.75) is 0 Å². The van der Waals surface area contributed by atoms with E-state index in [1.807, 2.05) is 0 Å². The standard InChI is InChI=1S/C11H12ClN5O/c1-13-5-10(18)16-9-4-2-3-8(12)11(9)17-7-14-6-15-17/h2-4,6-7,13H,5H2,1H3,(H,16,18). The predicted molar refractivity (Wildman–Crippen MR) is 68.9 cm³/mol. The second-order valence-electron chi connectivity index (χ2n) is 3.55. The molecule has 0 atom stereocenters. The van der Waals surface area contributed by atoms with Crippen molar-refractivity contribution in [2.75, 3.05) is 18.9 Å². The number of halogens is 1. The molecule has 2 N–H and O–H groups in total. The van der Waals surface area contributed by atoms with E-state index in [1.54, 1.807) is 25.2 Å². The number of anilines is 1. The quantitative estimate of drug-likeness (QED) is 0.868. The molecule has 2 aromatic rings. The molecule has 1 aromatic heterocycles. The number of likely N-dealkylation sites (N-methyl/N-ethyl adjacent to an activating group) is 1. The van der Waals surface area contributed by atoms with Gasteiger partial charge in [0.25, 0.3) is 0 Å². The highest BCUT2D eigenvalue weighted by Gasteiger charge is 2.11. The summed E-state index contributed by atoms with van der Waals surface area (Å²) in [6, 6.07) is 5.25. The molecule has 1 heterocycles. The van der Waals surface area contributed by atoms with E-state index < -0.39 is 0 Å². The van der Waals surface area contributed by atoms with Crippen molar-refractivity contribution in [2.24, 2.45) is 0 Å². The molecular formula is C11H12ClN5O. The van der Waals surface area contributed by atoms with Crippen LogP contribution in [0.1, 0.15) is 0 Å². The number of carbonyl (C=O) groups excluding carboxylic acids is 1. The van der Waals surface area contributed by atoms with E-state index in [2.05, 4.69) is 20.7 Å². The summed E-state index contributed by atoms with van der Waals surface area (Å²) in [5, 5.41) is 10.0. The highest BCUT2D eigenvalue weighted by molar-refractivity contribution is 6.33. The van der Waals surface area contributed by atoms with Gasteiger partial charge in [0.2, 0.25) is 5.91 Å². The molecule has 0 saturated heterocycles. The molecule has 0 saturated carbocycles. The van der Waals surface area contributed by atoms with Crippen LogP contribution >= 0.6 is 11.6 Å². The largest absolute Gasteiger partial charge is 0.323 e. The third-order valence-corrected chi connectivity index (χ3v) is 2.55. The Balaban J connectivity index is 2.36. The lowest BCUT2D eigenvalue weighted by Crippen LogP contribution is -2.25. The van der Waals surface area contributed by atoms with Gasteiger partial charge in [-0.2, -0.15) is 5.10 Å². The predicted octanol–water partition coefficient (Wildman–Crippen LogP) is 1.08. The maximum absolute atomic E-state index is 11.6. The first-order valence-electron chi connectivity index (χ1n) is 5.30. The van der Waals surface area contributed by atoms with Crippen LogP contribution in [0.25, 0.3) is 5.69 Å². The molecular weight excluding hydrogens is 254 g/mol. The van der Waals surface area contributed by atoms with Crippen LogP contribution in [0.3, 0.4) is 0 Å². The topological polar surface area (TPSA) is 71.8 Å². The van der Waals surface area contributed by atoms with E-state index in [9.17, 15) is 4.79 Å². The third kappa shape index (κ3) is 2.66. The molecule has 0 aliphatic heterocycles.